The lowest BCUT2D eigenvalue weighted by Crippen LogP contribution is -2.36. The summed E-state index contributed by atoms with van der Waals surface area (Å²) in [5.41, 5.74) is 0. The maximum Gasteiger partial charge on any atom is 0.407 e. The minimum Gasteiger partial charge on any atom is -0.450 e. The Bertz CT molecular complexity index is 221. The van der Waals surface area contributed by atoms with Gasteiger partial charge in [-0.25, -0.2) is 4.79 Å². The van der Waals surface area contributed by atoms with Crippen molar-refractivity contribution >= 4 is 12.0 Å². The van der Waals surface area contributed by atoms with E-state index in [-0.39, 0.29) is 25.5 Å². The first kappa shape index (κ1) is 14.7. The number of rotatable bonds is 7. The van der Waals surface area contributed by atoms with Crippen LogP contribution in [0.1, 0.15) is 20.3 Å². The Hall–Kier alpha value is -1.30. The number of aliphatic hydroxyl groups excluding tert-OH is 1. The predicted molar refractivity (Wildman–Crippen MR) is 59.0 cm³/mol. The molecule has 0 bridgehead atoms. The Balaban J connectivity index is 3.74. The van der Waals surface area contributed by atoms with Gasteiger partial charge in [-0.3, -0.25) is 4.79 Å². The number of hydrogen-bond acceptors (Lipinski definition) is 4. The molecule has 0 aromatic heterocycles. The normalized spacial score (nSPS) is 9.69. The molecule has 16 heavy (non-hydrogen) atoms. The fourth-order valence-electron chi connectivity index (χ4n) is 1.19. The number of nitrogens with one attached hydrogen (secondary N) is 1. The van der Waals surface area contributed by atoms with Crippen LogP contribution in [-0.4, -0.2) is 54.9 Å². The van der Waals surface area contributed by atoms with Crippen LogP contribution in [0.4, 0.5) is 4.79 Å². The van der Waals surface area contributed by atoms with E-state index in [0.717, 1.165) is 0 Å². The third-order valence-corrected chi connectivity index (χ3v) is 1.99. The Morgan fingerprint density at radius 2 is 2.06 bits per heavy atom. The number of hydrogen-bond donors (Lipinski definition) is 2. The van der Waals surface area contributed by atoms with E-state index in [2.05, 4.69) is 10.1 Å². The molecule has 2 N–H and O–H groups in total. The molecule has 0 fully saturated rings. The van der Waals surface area contributed by atoms with Gasteiger partial charge in [0.05, 0.1) is 13.2 Å². The Morgan fingerprint density at radius 3 is 2.56 bits per heavy atom. The summed E-state index contributed by atoms with van der Waals surface area (Å²) in [7, 11) is 0. The highest BCUT2D eigenvalue weighted by atomic mass is 16.5. The Labute approximate surface area is 95.6 Å². The van der Waals surface area contributed by atoms with E-state index < -0.39 is 6.09 Å². The summed E-state index contributed by atoms with van der Waals surface area (Å²) in [4.78, 5) is 24.0. The fraction of sp³-hybridized carbons (Fsp3) is 0.800. The number of nitrogens with zero attached hydrogens (tertiary/aromatic N) is 1. The van der Waals surface area contributed by atoms with Gasteiger partial charge < -0.3 is 20.1 Å². The second kappa shape index (κ2) is 8.96. The van der Waals surface area contributed by atoms with E-state index in [1.54, 1.807) is 6.92 Å². The summed E-state index contributed by atoms with van der Waals surface area (Å²) >= 11 is 0. The average molecular weight is 232 g/mol. The third kappa shape index (κ3) is 6.23. The van der Waals surface area contributed by atoms with Gasteiger partial charge in [0.2, 0.25) is 5.91 Å². The van der Waals surface area contributed by atoms with E-state index in [4.69, 9.17) is 5.11 Å². The number of carbonyl (C=O) groups is 2. The van der Waals surface area contributed by atoms with Crippen LogP contribution < -0.4 is 5.32 Å². The van der Waals surface area contributed by atoms with E-state index in [1.165, 1.54) is 4.90 Å². The molecule has 0 saturated heterocycles. The van der Waals surface area contributed by atoms with Crippen LogP contribution in [0, 0.1) is 0 Å². The molecule has 0 atom stereocenters. The van der Waals surface area contributed by atoms with E-state index in [9.17, 15) is 9.59 Å². The molecular formula is C10H20N2O4. The van der Waals surface area contributed by atoms with Crippen molar-refractivity contribution in [2.45, 2.75) is 20.3 Å². The van der Waals surface area contributed by atoms with Gasteiger partial charge in [-0.05, 0) is 13.8 Å². The maximum atomic E-state index is 11.5. The highest BCUT2D eigenvalue weighted by Crippen LogP contribution is 1.93. The number of amides is 2. The van der Waals surface area contributed by atoms with Gasteiger partial charge in [0.1, 0.15) is 0 Å². The van der Waals surface area contributed by atoms with Crippen molar-refractivity contribution in [1.29, 1.82) is 0 Å². The van der Waals surface area contributed by atoms with Gasteiger partial charge in [-0.15, -0.1) is 0 Å². The van der Waals surface area contributed by atoms with Crippen LogP contribution in [0.5, 0.6) is 0 Å². The third-order valence-electron chi connectivity index (χ3n) is 1.99. The number of alkyl carbamates (subject to hydrolysis) is 1. The molecule has 0 aliphatic carbocycles. The molecule has 0 spiro atoms. The topological polar surface area (TPSA) is 78.9 Å². The highest BCUT2D eigenvalue weighted by molar-refractivity contribution is 5.77. The lowest BCUT2D eigenvalue weighted by atomic mass is 10.3. The summed E-state index contributed by atoms with van der Waals surface area (Å²) in [6, 6.07) is 0. The highest BCUT2D eigenvalue weighted by Gasteiger charge is 2.10. The van der Waals surface area contributed by atoms with Crippen LogP contribution in [0.15, 0.2) is 0 Å². The van der Waals surface area contributed by atoms with Gasteiger partial charge in [-0.1, -0.05) is 0 Å². The summed E-state index contributed by atoms with van der Waals surface area (Å²) in [5.74, 6) is -0.0895. The Morgan fingerprint density at radius 1 is 1.38 bits per heavy atom. The first-order valence-corrected chi connectivity index (χ1v) is 5.44. The van der Waals surface area contributed by atoms with Gasteiger partial charge in [0.25, 0.3) is 0 Å². The molecule has 0 heterocycles. The quantitative estimate of drug-likeness (QED) is 0.645. The average Bonchev–Trinajstić information content (AvgIpc) is 2.26. The van der Waals surface area contributed by atoms with Crippen LogP contribution >= 0.6 is 0 Å². The summed E-state index contributed by atoms with van der Waals surface area (Å²) < 4.78 is 4.64. The molecule has 0 aromatic rings. The molecule has 0 saturated carbocycles. The van der Waals surface area contributed by atoms with Gasteiger partial charge >= 0.3 is 6.09 Å². The fourth-order valence-corrected chi connectivity index (χ4v) is 1.19. The van der Waals surface area contributed by atoms with E-state index in [1.807, 2.05) is 6.92 Å². The summed E-state index contributed by atoms with van der Waals surface area (Å²) in [5, 5.41) is 11.2. The monoisotopic (exact) mass is 232 g/mol. The zero-order valence-corrected chi connectivity index (χ0v) is 9.86. The molecule has 6 nitrogen and oxygen atoms in total. The van der Waals surface area contributed by atoms with Crippen molar-refractivity contribution in [3.8, 4) is 0 Å². The molecular weight excluding hydrogens is 212 g/mol. The SMILES string of the molecule is CCOC(=O)NCCC(=O)N(CC)CCO. The van der Waals surface area contributed by atoms with Crippen molar-refractivity contribution in [2.24, 2.45) is 0 Å². The summed E-state index contributed by atoms with van der Waals surface area (Å²) in [6.45, 7) is 4.94. The lowest BCUT2D eigenvalue weighted by molar-refractivity contribution is -0.131. The molecule has 0 aliphatic rings. The Kier molecular flexibility index (Phi) is 8.24. The van der Waals surface area contributed by atoms with Crippen LogP contribution in [-0.2, 0) is 9.53 Å². The smallest absolute Gasteiger partial charge is 0.407 e. The molecule has 0 rings (SSSR count). The second-order valence-electron chi connectivity index (χ2n) is 3.09. The van der Waals surface area contributed by atoms with Crippen molar-refractivity contribution in [3.63, 3.8) is 0 Å². The largest absolute Gasteiger partial charge is 0.450 e. The number of aliphatic hydroxyl groups is 1. The van der Waals surface area contributed by atoms with E-state index in [0.29, 0.717) is 19.7 Å². The van der Waals surface area contributed by atoms with Gasteiger partial charge in [0, 0.05) is 26.1 Å². The maximum absolute atomic E-state index is 11.5. The molecule has 6 heteroatoms. The van der Waals surface area contributed by atoms with Gasteiger partial charge in [-0.2, -0.15) is 0 Å². The molecule has 0 aliphatic heterocycles. The standard InChI is InChI=1S/C10H20N2O4/c1-3-12(7-8-13)9(14)5-6-11-10(15)16-4-2/h13H,3-8H2,1-2H3,(H,11,15). The molecule has 0 aromatic carbocycles. The van der Waals surface area contributed by atoms with Crippen molar-refractivity contribution in [2.75, 3.05) is 32.8 Å². The predicted octanol–water partition coefficient (Wildman–Crippen LogP) is -0.0366. The zero-order valence-electron chi connectivity index (χ0n) is 9.86. The minimum absolute atomic E-state index is 0.0507. The molecule has 2 amide bonds. The van der Waals surface area contributed by atoms with Crippen molar-refractivity contribution in [1.82, 2.24) is 10.2 Å². The molecule has 0 radical (unpaired) electrons. The van der Waals surface area contributed by atoms with Crippen LogP contribution in [0.25, 0.3) is 0 Å². The number of ether oxygens (including phenoxy) is 1. The molecule has 94 valence electrons. The first-order chi connectivity index (χ1) is 7.65. The van der Waals surface area contributed by atoms with Crippen LogP contribution in [0.3, 0.4) is 0 Å². The van der Waals surface area contributed by atoms with Crippen molar-refractivity contribution in [3.05, 3.63) is 0 Å². The van der Waals surface area contributed by atoms with Crippen molar-refractivity contribution < 1.29 is 19.4 Å². The summed E-state index contributed by atoms with van der Waals surface area (Å²) in [6.07, 6.45) is -0.298. The second-order valence-corrected chi connectivity index (χ2v) is 3.09. The van der Waals surface area contributed by atoms with E-state index >= 15 is 0 Å². The zero-order chi connectivity index (χ0) is 12.4. The number of carbonyl (C=O) groups excluding carboxylic acids is 2. The first-order valence-electron chi connectivity index (χ1n) is 5.44. The van der Waals surface area contributed by atoms with Gasteiger partial charge in [0.15, 0.2) is 0 Å². The minimum atomic E-state index is -0.513. The van der Waals surface area contributed by atoms with Crippen LogP contribution in [0.2, 0.25) is 0 Å². The molecule has 0 unspecified atom stereocenters. The lowest BCUT2D eigenvalue weighted by Gasteiger charge is -2.19. The number of likely N-dealkylation sites (N-methyl/N-ethyl adjacent to an activating group) is 1.